The average molecular weight is 498 g/mol. The molecule has 19 heteroatoms. The summed E-state index contributed by atoms with van der Waals surface area (Å²) in [6.07, 6.45) is -16.7. The van der Waals surface area contributed by atoms with Gasteiger partial charge in [0.1, 0.15) is 0 Å². The zero-order valence-electron chi connectivity index (χ0n) is 13.8. The second-order valence-corrected chi connectivity index (χ2v) is 5.45. The van der Waals surface area contributed by atoms with E-state index in [1.54, 1.807) is 0 Å². The van der Waals surface area contributed by atoms with Crippen molar-refractivity contribution in [3.8, 4) is 0 Å². The number of aliphatic carboxylic acids is 1. The molecule has 4 nitrogen and oxygen atoms in total. The molecule has 0 aromatic rings. The van der Waals surface area contributed by atoms with Gasteiger partial charge in [0, 0.05) is 5.57 Å². The molecule has 0 aliphatic heterocycles. The molecule has 0 radical (unpaired) electrons. The maximum Gasteiger partial charge on any atom is 0.473 e. The number of carbonyl (C=O) groups is 2. The molecule has 0 amide bonds. The number of ether oxygens (including phenoxy) is 1. The monoisotopic (exact) mass is 498 g/mol. The van der Waals surface area contributed by atoms with E-state index in [4.69, 9.17) is 5.11 Å². The Morgan fingerprint density at radius 2 is 0.968 bits per heavy atom. The molecule has 0 aromatic carbocycles. The van der Waals surface area contributed by atoms with E-state index in [2.05, 4.69) is 11.3 Å². The quantitative estimate of drug-likeness (QED) is 0.280. The van der Waals surface area contributed by atoms with E-state index in [1.807, 2.05) is 0 Å². The first kappa shape index (κ1) is 28.6. The molecule has 0 atom stereocenters. The topological polar surface area (TPSA) is 63.6 Å². The largest absolute Gasteiger partial charge is 0.481 e. The van der Waals surface area contributed by atoms with Crippen molar-refractivity contribution < 1.29 is 85.3 Å². The highest BCUT2D eigenvalue weighted by Gasteiger charge is 2.94. The second kappa shape index (κ2) is 7.64. The first-order valence-electron chi connectivity index (χ1n) is 6.69. The minimum atomic E-state index is -8.53. The van der Waals surface area contributed by atoms with E-state index in [9.17, 15) is 75.4 Å². The van der Waals surface area contributed by atoms with Gasteiger partial charge in [0.05, 0.1) is 6.42 Å². The third kappa shape index (κ3) is 4.35. The summed E-state index contributed by atoms with van der Waals surface area (Å²) in [5.41, 5.74) is -1.70. The van der Waals surface area contributed by atoms with Crippen LogP contribution in [0.5, 0.6) is 0 Å². The summed E-state index contributed by atoms with van der Waals surface area (Å²) in [6, 6.07) is 0. The summed E-state index contributed by atoms with van der Waals surface area (Å²) >= 11 is 0. The van der Waals surface area contributed by atoms with Crippen LogP contribution in [0.15, 0.2) is 12.2 Å². The van der Waals surface area contributed by atoms with Crippen LogP contribution in [0.3, 0.4) is 0 Å². The number of alkyl halides is 15. The van der Waals surface area contributed by atoms with Crippen LogP contribution in [0.2, 0.25) is 0 Å². The number of rotatable bonds is 9. The van der Waals surface area contributed by atoms with Crippen LogP contribution in [-0.2, 0) is 14.3 Å². The van der Waals surface area contributed by atoms with Crippen LogP contribution in [0, 0.1) is 0 Å². The smallest absolute Gasteiger partial charge is 0.473 e. The van der Waals surface area contributed by atoms with Crippen molar-refractivity contribution in [3.05, 3.63) is 12.2 Å². The standard InChI is InChI=1S/C12H5F15O4/c1-3(2-4(28)29)5(30)31-12(26,27)10(21,22)8(17,18)6(13,14)7(15,16)9(19,20)11(23,24)25/h1-2H2,(H,28,29). The first-order chi connectivity index (χ1) is 13.2. The van der Waals surface area contributed by atoms with Crippen molar-refractivity contribution >= 4 is 11.9 Å². The van der Waals surface area contributed by atoms with E-state index in [0.29, 0.717) is 0 Å². The molecule has 31 heavy (non-hydrogen) atoms. The lowest BCUT2D eigenvalue weighted by Gasteiger charge is -2.40. The Labute approximate surface area is 159 Å². The van der Waals surface area contributed by atoms with Crippen LogP contribution < -0.4 is 0 Å². The molecule has 0 bridgehead atoms. The van der Waals surface area contributed by atoms with Gasteiger partial charge in [-0.25, -0.2) is 4.79 Å². The predicted octanol–water partition coefficient (Wildman–Crippen LogP) is 4.89. The van der Waals surface area contributed by atoms with Gasteiger partial charge in [0.2, 0.25) is 0 Å². The second-order valence-electron chi connectivity index (χ2n) is 5.45. The number of carbonyl (C=O) groups excluding carboxylic acids is 1. The lowest BCUT2D eigenvalue weighted by atomic mass is 9.93. The van der Waals surface area contributed by atoms with Crippen LogP contribution in [0.1, 0.15) is 6.42 Å². The van der Waals surface area contributed by atoms with Crippen LogP contribution in [-0.4, -0.2) is 58.9 Å². The van der Waals surface area contributed by atoms with E-state index in [0.717, 1.165) is 0 Å². The molecular formula is C12H5F15O4. The fourth-order valence-electron chi connectivity index (χ4n) is 1.46. The Kier molecular flexibility index (Phi) is 7.06. The third-order valence-electron chi connectivity index (χ3n) is 3.17. The van der Waals surface area contributed by atoms with E-state index < -0.39 is 65.8 Å². The molecular weight excluding hydrogens is 493 g/mol. The maximum atomic E-state index is 13.3. The van der Waals surface area contributed by atoms with Gasteiger partial charge in [-0.1, -0.05) is 6.58 Å². The molecule has 0 rings (SSSR count). The van der Waals surface area contributed by atoms with Gasteiger partial charge >= 0.3 is 53.8 Å². The fraction of sp³-hybridized carbons (Fsp3) is 0.667. The van der Waals surface area contributed by atoms with E-state index in [1.165, 1.54) is 0 Å². The van der Waals surface area contributed by atoms with E-state index in [-0.39, 0.29) is 0 Å². The first-order valence-corrected chi connectivity index (χ1v) is 6.69. The zero-order valence-corrected chi connectivity index (χ0v) is 13.8. The lowest BCUT2D eigenvalue weighted by Crippen LogP contribution is -2.73. The summed E-state index contributed by atoms with van der Waals surface area (Å²) in [5, 5.41) is 8.19. The number of hydrogen-bond acceptors (Lipinski definition) is 3. The molecule has 182 valence electrons. The van der Waals surface area contributed by atoms with Gasteiger partial charge in [-0.15, -0.1) is 0 Å². The van der Waals surface area contributed by atoms with Gasteiger partial charge in [-0.05, 0) is 0 Å². The van der Waals surface area contributed by atoms with Gasteiger partial charge in [-0.3, -0.25) is 4.79 Å². The Morgan fingerprint density at radius 3 is 1.29 bits per heavy atom. The molecule has 0 heterocycles. The molecule has 0 spiro atoms. The summed E-state index contributed by atoms with van der Waals surface area (Å²) in [4.78, 5) is 21.1. The van der Waals surface area contributed by atoms with Crippen LogP contribution in [0.25, 0.3) is 0 Å². The van der Waals surface area contributed by atoms with Gasteiger partial charge in [0.15, 0.2) is 0 Å². The number of hydrogen-bond donors (Lipinski definition) is 1. The van der Waals surface area contributed by atoms with Crippen LogP contribution in [0.4, 0.5) is 65.9 Å². The van der Waals surface area contributed by atoms with Crippen molar-refractivity contribution in [2.45, 2.75) is 48.3 Å². The van der Waals surface area contributed by atoms with Crippen molar-refractivity contribution in [3.63, 3.8) is 0 Å². The highest BCUT2D eigenvalue weighted by molar-refractivity contribution is 5.93. The summed E-state index contributed by atoms with van der Waals surface area (Å²) in [5.74, 6) is -46.6. The van der Waals surface area contributed by atoms with Crippen molar-refractivity contribution in [2.75, 3.05) is 0 Å². The molecule has 0 aromatic heterocycles. The molecule has 0 aliphatic rings. The van der Waals surface area contributed by atoms with Gasteiger partial charge in [-0.2, -0.15) is 65.9 Å². The third-order valence-corrected chi connectivity index (χ3v) is 3.17. The molecule has 0 saturated heterocycles. The Bertz CT molecular complexity index is 737. The summed E-state index contributed by atoms with van der Waals surface area (Å²) in [7, 11) is 0. The average Bonchev–Trinajstić information content (AvgIpc) is 2.51. The van der Waals surface area contributed by atoms with Crippen molar-refractivity contribution in [2.24, 2.45) is 0 Å². The molecule has 0 unspecified atom stereocenters. The summed E-state index contributed by atoms with van der Waals surface area (Å²) < 4.78 is 195. The van der Waals surface area contributed by atoms with Gasteiger partial charge in [0.25, 0.3) is 0 Å². The Hall–Kier alpha value is -2.37. The van der Waals surface area contributed by atoms with Crippen LogP contribution >= 0.6 is 0 Å². The predicted molar refractivity (Wildman–Crippen MR) is 63.2 cm³/mol. The molecule has 0 aliphatic carbocycles. The van der Waals surface area contributed by atoms with Gasteiger partial charge < -0.3 is 9.84 Å². The summed E-state index contributed by atoms with van der Waals surface area (Å²) in [6.45, 7) is 2.36. The molecule has 1 N–H and O–H groups in total. The number of carboxylic acids is 1. The SMILES string of the molecule is C=C(CC(=O)O)C(=O)OC(F)(F)C(F)(F)C(F)(F)C(F)(F)C(F)(F)C(F)(F)C(F)(F)F. The van der Waals surface area contributed by atoms with Crippen molar-refractivity contribution in [1.82, 2.24) is 0 Å². The number of halogens is 15. The Balaban J connectivity index is 6.35. The minimum Gasteiger partial charge on any atom is -0.481 e. The maximum absolute atomic E-state index is 13.3. The lowest BCUT2D eigenvalue weighted by molar-refractivity contribution is -0.467. The normalized spacial score (nSPS) is 14.9. The zero-order chi connectivity index (χ0) is 25.6. The fourth-order valence-corrected chi connectivity index (χ4v) is 1.46. The number of carboxylic acid groups (broad SMARTS) is 1. The van der Waals surface area contributed by atoms with E-state index >= 15 is 0 Å². The molecule has 0 saturated carbocycles. The molecule has 0 fully saturated rings. The number of esters is 1. The van der Waals surface area contributed by atoms with Crippen molar-refractivity contribution in [1.29, 1.82) is 0 Å². The highest BCUT2D eigenvalue weighted by atomic mass is 19.4. The minimum absolute atomic E-state index is 1.68. The Morgan fingerprint density at radius 1 is 0.645 bits per heavy atom. The highest BCUT2D eigenvalue weighted by Crippen LogP contribution is 2.62.